The van der Waals surface area contributed by atoms with Gasteiger partial charge in [-0.2, -0.15) is 0 Å². The van der Waals surface area contributed by atoms with E-state index in [9.17, 15) is 14.9 Å². The highest BCUT2D eigenvalue weighted by molar-refractivity contribution is 6.30. The topological polar surface area (TPSA) is 78.7 Å². The van der Waals surface area contributed by atoms with Crippen molar-refractivity contribution in [2.45, 2.75) is 26.0 Å². The van der Waals surface area contributed by atoms with Crippen LogP contribution < -0.4 is 0 Å². The zero-order chi connectivity index (χ0) is 15.6. The molecular formula is C14H14ClNO5. The summed E-state index contributed by atoms with van der Waals surface area (Å²) < 4.78 is 10.2. The largest absolute Gasteiger partial charge is 0.463 e. The molecule has 0 bridgehead atoms. The van der Waals surface area contributed by atoms with E-state index in [4.69, 9.17) is 21.1 Å². The number of nitro groups is 1. The lowest BCUT2D eigenvalue weighted by molar-refractivity contribution is -0.570. The van der Waals surface area contributed by atoms with Gasteiger partial charge < -0.3 is 9.47 Å². The SMILES string of the molecule is CCOC(=O)C1=C(C)O[C@@H]([N+](=O)[O-])[C@@H]1c1ccc(Cl)cc1. The second-order valence-corrected chi connectivity index (χ2v) is 4.95. The number of halogens is 1. The summed E-state index contributed by atoms with van der Waals surface area (Å²) in [6, 6.07) is 6.52. The summed E-state index contributed by atoms with van der Waals surface area (Å²) >= 11 is 5.83. The third-order valence-electron chi connectivity index (χ3n) is 3.21. The number of hydrogen-bond acceptors (Lipinski definition) is 5. The van der Waals surface area contributed by atoms with Gasteiger partial charge in [-0.15, -0.1) is 0 Å². The maximum atomic E-state index is 12.1. The predicted molar refractivity (Wildman–Crippen MR) is 75.4 cm³/mol. The number of carbonyl (C=O) groups is 1. The number of ether oxygens (including phenoxy) is 2. The van der Waals surface area contributed by atoms with E-state index in [0.29, 0.717) is 10.6 Å². The van der Waals surface area contributed by atoms with Gasteiger partial charge in [-0.05, 0) is 31.5 Å². The van der Waals surface area contributed by atoms with Crippen LogP contribution in [0, 0.1) is 10.1 Å². The van der Waals surface area contributed by atoms with Crippen molar-refractivity contribution in [2.75, 3.05) is 6.61 Å². The molecule has 0 aromatic heterocycles. The highest BCUT2D eigenvalue weighted by atomic mass is 35.5. The first-order valence-corrected chi connectivity index (χ1v) is 6.77. The van der Waals surface area contributed by atoms with Crippen molar-refractivity contribution in [2.24, 2.45) is 0 Å². The Balaban J connectivity index is 2.45. The van der Waals surface area contributed by atoms with E-state index < -0.39 is 23.0 Å². The van der Waals surface area contributed by atoms with Crippen LogP contribution in [0.1, 0.15) is 25.3 Å². The van der Waals surface area contributed by atoms with Gasteiger partial charge in [0.25, 0.3) is 0 Å². The van der Waals surface area contributed by atoms with Gasteiger partial charge in [-0.25, -0.2) is 4.79 Å². The summed E-state index contributed by atoms with van der Waals surface area (Å²) in [6.45, 7) is 3.39. The average molecular weight is 312 g/mol. The van der Waals surface area contributed by atoms with Crippen LogP contribution in [0.2, 0.25) is 5.02 Å². The molecule has 0 unspecified atom stereocenters. The van der Waals surface area contributed by atoms with Gasteiger partial charge in [0, 0.05) is 5.02 Å². The Hall–Kier alpha value is -2.08. The Labute approximate surface area is 126 Å². The Morgan fingerprint density at radius 1 is 1.43 bits per heavy atom. The predicted octanol–water partition coefficient (Wildman–Crippen LogP) is 2.89. The van der Waals surface area contributed by atoms with Crippen LogP contribution in [-0.2, 0) is 14.3 Å². The van der Waals surface area contributed by atoms with Crippen molar-refractivity contribution in [3.8, 4) is 0 Å². The zero-order valence-electron chi connectivity index (χ0n) is 11.5. The monoisotopic (exact) mass is 311 g/mol. The van der Waals surface area contributed by atoms with Gasteiger partial charge in [0.2, 0.25) is 0 Å². The van der Waals surface area contributed by atoms with Gasteiger partial charge in [0.1, 0.15) is 11.7 Å². The smallest absolute Gasteiger partial charge is 0.364 e. The van der Waals surface area contributed by atoms with Crippen molar-refractivity contribution in [1.29, 1.82) is 0 Å². The van der Waals surface area contributed by atoms with Crippen LogP contribution >= 0.6 is 11.6 Å². The first-order chi connectivity index (χ1) is 9.95. The minimum atomic E-state index is -1.34. The maximum Gasteiger partial charge on any atom is 0.364 e. The molecule has 1 aliphatic rings. The molecule has 2 rings (SSSR count). The summed E-state index contributed by atoms with van der Waals surface area (Å²) in [7, 11) is 0. The summed E-state index contributed by atoms with van der Waals surface area (Å²) in [6.07, 6.45) is -1.34. The molecule has 0 saturated carbocycles. The Kier molecular flexibility index (Phi) is 4.47. The van der Waals surface area contributed by atoms with Crippen LogP contribution in [0.15, 0.2) is 35.6 Å². The highest BCUT2D eigenvalue weighted by Crippen LogP contribution is 2.40. The number of hydrogen-bond donors (Lipinski definition) is 0. The van der Waals surface area contributed by atoms with E-state index in [1.807, 2.05) is 0 Å². The number of carbonyl (C=O) groups excluding carboxylic acids is 1. The zero-order valence-corrected chi connectivity index (χ0v) is 12.3. The lowest BCUT2D eigenvalue weighted by Gasteiger charge is -2.15. The van der Waals surface area contributed by atoms with Crippen LogP contribution in [0.25, 0.3) is 0 Å². The standard InChI is InChI=1S/C14H14ClNO5/c1-3-20-14(17)11-8(2)21-13(16(18)19)12(11)9-4-6-10(15)7-5-9/h4-7,12-13H,3H2,1-2H3/t12-,13-/m1/s1. The fourth-order valence-corrected chi connectivity index (χ4v) is 2.45. The molecule has 1 aliphatic heterocycles. The first kappa shape index (κ1) is 15.3. The second kappa shape index (κ2) is 6.13. The molecule has 0 aliphatic carbocycles. The molecule has 1 aromatic carbocycles. The number of esters is 1. The van der Waals surface area contributed by atoms with E-state index in [2.05, 4.69) is 0 Å². The van der Waals surface area contributed by atoms with Crippen molar-refractivity contribution in [3.05, 3.63) is 56.3 Å². The molecule has 0 spiro atoms. The molecule has 21 heavy (non-hydrogen) atoms. The number of benzene rings is 1. The summed E-state index contributed by atoms with van der Waals surface area (Å²) in [5.74, 6) is -1.19. The van der Waals surface area contributed by atoms with E-state index in [1.165, 1.54) is 6.92 Å². The normalized spacial score (nSPS) is 21.1. The van der Waals surface area contributed by atoms with E-state index >= 15 is 0 Å². The molecular weight excluding hydrogens is 298 g/mol. The average Bonchev–Trinajstić information content (AvgIpc) is 2.78. The van der Waals surface area contributed by atoms with Crippen LogP contribution in [0.4, 0.5) is 0 Å². The molecule has 0 fully saturated rings. The summed E-state index contributed by atoms with van der Waals surface area (Å²) in [5, 5.41) is 11.7. The van der Waals surface area contributed by atoms with Crippen molar-refractivity contribution >= 4 is 17.6 Å². The molecule has 0 amide bonds. The lowest BCUT2D eigenvalue weighted by atomic mass is 9.90. The molecule has 6 nitrogen and oxygen atoms in total. The van der Waals surface area contributed by atoms with Crippen LogP contribution in [0.5, 0.6) is 0 Å². The van der Waals surface area contributed by atoms with E-state index in [0.717, 1.165) is 0 Å². The molecule has 1 heterocycles. The molecule has 2 atom stereocenters. The number of nitrogens with zero attached hydrogens (tertiary/aromatic N) is 1. The molecule has 0 N–H and O–H groups in total. The highest BCUT2D eigenvalue weighted by Gasteiger charge is 2.47. The summed E-state index contributed by atoms with van der Waals surface area (Å²) in [4.78, 5) is 22.7. The van der Waals surface area contributed by atoms with Gasteiger partial charge in [-0.1, -0.05) is 23.7 Å². The van der Waals surface area contributed by atoms with Crippen molar-refractivity contribution < 1.29 is 19.2 Å². The molecule has 112 valence electrons. The van der Waals surface area contributed by atoms with Gasteiger partial charge in [0.05, 0.1) is 17.1 Å². The van der Waals surface area contributed by atoms with Gasteiger partial charge in [0.15, 0.2) is 0 Å². The van der Waals surface area contributed by atoms with E-state index in [1.54, 1.807) is 31.2 Å². The third kappa shape index (κ3) is 3.00. The summed E-state index contributed by atoms with van der Waals surface area (Å²) in [5.41, 5.74) is 0.766. The minimum absolute atomic E-state index is 0.181. The van der Waals surface area contributed by atoms with Crippen LogP contribution in [-0.4, -0.2) is 23.7 Å². The number of rotatable bonds is 4. The Bertz CT molecular complexity index is 596. The molecule has 7 heteroatoms. The van der Waals surface area contributed by atoms with Crippen molar-refractivity contribution in [1.82, 2.24) is 0 Å². The van der Waals surface area contributed by atoms with Crippen LogP contribution in [0.3, 0.4) is 0 Å². The fourth-order valence-electron chi connectivity index (χ4n) is 2.32. The Morgan fingerprint density at radius 3 is 2.57 bits per heavy atom. The number of allylic oxidation sites excluding steroid dienone is 1. The quantitative estimate of drug-likeness (QED) is 0.485. The van der Waals surface area contributed by atoms with Crippen molar-refractivity contribution in [3.63, 3.8) is 0 Å². The molecule has 0 radical (unpaired) electrons. The molecule has 1 aromatic rings. The maximum absolute atomic E-state index is 12.1. The van der Waals surface area contributed by atoms with Gasteiger partial charge >= 0.3 is 12.2 Å². The Morgan fingerprint density at radius 2 is 2.05 bits per heavy atom. The van der Waals surface area contributed by atoms with E-state index in [-0.39, 0.29) is 17.9 Å². The first-order valence-electron chi connectivity index (χ1n) is 6.39. The lowest BCUT2D eigenvalue weighted by Crippen LogP contribution is -2.28. The minimum Gasteiger partial charge on any atom is -0.463 e. The molecule has 0 saturated heterocycles. The fraction of sp³-hybridized carbons (Fsp3) is 0.357. The second-order valence-electron chi connectivity index (χ2n) is 4.51. The van der Waals surface area contributed by atoms with Gasteiger partial charge in [-0.3, -0.25) is 10.1 Å². The third-order valence-corrected chi connectivity index (χ3v) is 3.46.